The lowest BCUT2D eigenvalue weighted by molar-refractivity contribution is 0.0600. The van der Waals surface area contributed by atoms with Crippen molar-refractivity contribution in [3.63, 3.8) is 0 Å². The van der Waals surface area contributed by atoms with Crippen molar-refractivity contribution in [2.24, 2.45) is 5.92 Å². The molecular weight excluding hydrogens is 288 g/mol. The molecular formula is C15H19BClNO3. The van der Waals surface area contributed by atoms with Crippen molar-refractivity contribution in [3.05, 3.63) is 34.3 Å². The summed E-state index contributed by atoms with van der Waals surface area (Å²) in [6.07, 6.45) is 0. The van der Waals surface area contributed by atoms with E-state index in [0.717, 1.165) is 0 Å². The topological polar surface area (TPSA) is 58.6 Å². The molecule has 0 aliphatic carbocycles. The minimum absolute atomic E-state index is 0.200. The van der Waals surface area contributed by atoms with Crippen LogP contribution in [0.25, 0.3) is 0 Å². The summed E-state index contributed by atoms with van der Waals surface area (Å²) < 4.78 is 4.73. The van der Waals surface area contributed by atoms with Crippen LogP contribution in [-0.4, -0.2) is 31.2 Å². The molecule has 1 aromatic rings. The Labute approximate surface area is 131 Å². The fraction of sp³-hybridized carbons (Fsp3) is 0.400. The Balaban J connectivity index is 3.14. The number of hydrogen-bond acceptors (Lipinski definition) is 4. The Morgan fingerprint density at radius 1 is 1.48 bits per heavy atom. The summed E-state index contributed by atoms with van der Waals surface area (Å²) in [5.41, 5.74) is 0.876. The largest absolute Gasteiger partial charge is 0.465 e. The van der Waals surface area contributed by atoms with Crippen LogP contribution < -0.4 is 5.23 Å². The summed E-state index contributed by atoms with van der Waals surface area (Å²) in [6.45, 7) is 5.62. The van der Waals surface area contributed by atoms with Crippen LogP contribution in [0.15, 0.2) is 18.2 Å². The molecule has 0 bridgehead atoms. The lowest BCUT2D eigenvalue weighted by atomic mass is 9.85. The zero-order valence-electron chi connectivity index (χ0n) is 12.6. The molecule has 112 valence electrons. The summed E-state index contributed by atoms with van der Waals surface area (Å²) in [5, 5.41) is 12.9. The highest BCUT2D eigenvalue weighted by atomic mass is 35.5. The highest BCUT2D eigenvalue weighted by molar-refractivity contribution is 6.45. The van der Waals surface area contributed by atoms with Gasteiger partial charge >= 0.3 is 13.0 Å². The number of esters is 1. The summed E-state index contributed by atoms with van der Waals surface area (Å²) >= 11 is 5.95. The highest BCUT2D eigenvalue weighted by Gasteiger charge is 2.15. The fourth-order valence-corrected chi connectivity index (χ4v) is 1.90. The molecule has 0 spiro atoms. The summed E-state index contributed by atoms with van der Waals surface area (Å²) in [4.78, 5) is 11.7. The number of nitrogens with one attached hydrogen (secondary N) is 1. The Bertz CT molecular complexity index is 564. The number of carbonyl (C=O) groups excluding carboxylic acids is 1. The third kappa shape index (κ3) is 5.43. The number of benzene rings is 1. The molecule has 0 fully saturated rings. The third-order valence-corrected chi connectivity index (χ3v) is 3.07. The lowest BCUT2D eigenvalue weighted by Gasteiger charge is -2.17. The van der Waals surface area contributed by atoms with Gasteiger partial charge in [0.25, 0.3) is 0 Å². The van der Waals surface area contributed by atoms with E-state index in [2.05, 4.69) is 17.1 Å². The third-order valence-electron chi connectivity index (χ3n) is 2.84. The second kappa shape index (κ2) is 8.09. The van der Waals surface area contributed by atoms with Crippen LogP contribution in [-0.2, 0) is 4.74 Å². The minimum Gasteiger partial charge on any atom is -0.465 e. The van der Waals surface area contributed by atoms with E-state index in [4.69, 9.17) is 16.3 Å². The number of halogens is 1. The molecule has 0 aliphatic heterocycles. The molecule has 0 radical (unpaired) electrons. The van der Waals surface area contributed by atoms with Gasteiger partial charge in [0.1, 0.15) is 0 Å². The first-order valence-corrected chi connectivity index (χ1v) is 7.06. The van der Waals surface area contributed by atoms with Gasteiger partial charge in [-0.3, -0.25) is 0 Å². The van der Waals surface area contributed by atoms with E-state index >= 15 is 0 Å². The van der Waals surface area contributed by atoms with Gasteiger partial charge in [0.2, 0.25) is 0 Å². The van der Waals surface area contributed by atoms with Crippen LogP contribution in [0.2, 0.25) is 11.8 Å². The first-order chi connectivity index (χ1) is 9.85. The van der Waals surface area contributed by atoms with Gasteiger partial charge < -0.3 is 15.0 Å². The van der Waals surface area contributed by atoms with Gasteiger partial charge in [0, 0.05) is 10.6 Å². The molecule has 0 saturated heterocycles. The van der Waals surface area contributed by atoms with E-state index < -0.39 is 13.0 Å². The van der Waals surface area contributed by atoms with Gasteiger partial charge in [0.15, 0.2) is 0 Å². The van der Waals surface area contributed by atoms with Crippen molar-refractivity contribution in [2.45, 2.75) is 26.7 Å². The Morgan fingerprint density at radius 2 is 2.14 bits per heavy atom. The first kappa shape index (κ1) is 17.6. The van der Waals surface area contributed by atoms with Crippen LogP contribution in [0.3, 0.4) is 0 Å². The smallest absolute Gasteiger partial charge is 0.374 e. The molecule has 0 amide bonds. The molecule has 0 heterocycles. The second-order valence-corrected chi connectivity index (χ2v) is 5.45. The Morgan fingerprint density at radius 3 is 2.67 bits per heavy atom. The summed E-state index contributed by atoms with van der Waals surface area (Å²) in [6, 6.07) is 4.63. The van der Waals surface area contributed by atoms with Gasteiger partial charge in [-0.1, -0.05) is 37.3 Å². The predicted molar refractivity (Wildman–Crippen MR) is 85.3 cm³/mol. The van der Waals surface area contributed by atoms with Crippen molar-refractivity contribution >= 4 is 24.6 Å². The maximum atomic E-state index is 11.7. The van der Waals surface area contributed by atoms with E-state index in [1.54, 1.807) is 25.0 Å². The molecule has 0 aromatic heterocycles. The average molecular weight is 308 g/mol. The van der Waals surface area contributed by atoms with Crippen molar-refractivity contribution < 1.29 is 14.6 Å². The van der Waals surface area contributed by atoms with E-state index in [0.29, 0.717) is 16.1 Å². The van der Waals surface area contributed by atoms with Crippen LogP contribution >= 0.6 is 11.6 Å². The second-order valence-electron chi connectivity index (χ2n) is 5.02. The van der Waals surface area contributed by atoms with Crippen molar-refractivity contribution in [1.82, 2.24) is 5.23 Å². The van der Waals surface area contributed by atoms with Crippen molar-refractivity contribution in [1.29, 1.82) is 0 Å². The Hall–Kier alpha value is -1.48. The molecule has 0 aliphatic rings. The molecule has 2 N–H and O–H groups in total. The molecule has 6 heteroatoms. The van der Waals surface area contributed by atoms with Gasteiger partial charge in [-0.2, -0.15) is 0 Å². The first-order valence-electron chi connectivity index (χ1n) is 6.68. The van der Waals surface area contributed by atoms with Gasteiger partial charge in [-0.05, 0) is 30.9 Å². The normalized spacial score (nSPS) is 11.6. The van der Waals surface area contributed by atoms with Crippen LogP contribution in [0, 0.1) is 17.8 Å². The van der Waals surface area contributed by atoms with Crippen LogP contribution in [0.4, 0.5) is 0 Å². The summed E-state index contributed by atoms with van der Waals surface area (Å²) in [5.74, 6) is 5.72. The van der Waals surface area contributed by atoms with E-state index in [1.165, 1.54) is 7.11 Å². The standard InChI is InChI=1S/C15H19BClNO3/c1-10(2)14(18-16(3)20)8-5-11-9-12(17)6-7-13(11)15(19)21-4/h6-7,9-10,14,18,20H,1-4H3/t14-/m0/s1. The number of hydrogen-bond donors (Lipinski definition) is 2. The van der Waals surface area contributed by atoms with Gasteiger partial charge in [0.05, 0.1) is 18.7 Å². The van der Waals surface area contributed by atoms with E-state index in [9.17, 15) is 9.82 Å². The van der Waals surface area contributed by atoms with Crippen molar-refractivity contribution in [3.8, 4) is 11.8 Å². The maximum Gasteiger partial charge on any atom is 0.374 e. The predicted octanol–water partition coefficient (Wildman–Crippen LogP) is 2.20. The molecule has 0 saturated carbocycles. The van der Waals surface area contributed by atoms with E-state index in [1.807, 2.05) is 13.8 Å². The molecule has 4 nitrogen and oxygen atoms in total. The number of ether oxygens (including phenoxy) is 1. The SMILES string of the molecule is COC(=O)c1ccc(Cl)cc1C#C[C@H](NB(C)O)C(C)C. The van der Waals surface area contributed by atoms with Crippen molar-refractivity contribution in [2.75, 3.05) is 7.11 Å². The zero-order chi connectivity index (χ0) is 16.0. The number of rotatable bonds is 4. The zero-order valence-corrected chi connectivity index (χ0v) is 13.4. The van der Waals surface area contributed by atoms with Gasteiger partial charge in [-0.15, -0.1) is 0 Å². The number of methoxy groups -OCH3 is 1. The molecule has 1 rings (SSSR count). The van der Waals surface area contributed by atoms with Gasteiger partial charge in [-0.25, -0.2) is 4.79 Å². The van der Waals surface area contributed by atoms with Crippen LogP contribution in [0.1, 0.15) is 29.8 Å². The Kier molecular flexibility index (Phi) is 6.77. The van der Waals surface area contributed by atoms with E-state index in [-0.39, 0.29) is 12.0 Å². The molecule has 21 heavy (non-hydrogen) atoms. The lowest BCUT2D eigenvalue weighted by Crippen LogP contribution is -2.42. The fourth-order valence-electron chi connectivity index (χ4n) is 1.72. The monoisotopic (exact) mass is 307 g/mol. The molecule has 1 atom stereocenters. The quantitative estimate of drug-likeness (QED) is 0.509. The molecule has 1 aromatic carbocycles. The summed E-state index contributed by atoms with van der Waals surface area (Å²) in [7, 11) is 0.659. The average Bonchev–Trinajstić information content (AvgIpc) is 2.42. The van der Waals surface area contributed by atoms with Crippen LogP contribution in [0.5, 0.6) is 0 Å². The number of carbonyl (C=O) groups is 1. The molecule has 0 unspecified atom stereocenters. The maximum absolute atomic E-state index is 11.7. The minimum atomic E-state index is -0.661. The highest BCUT2D eigenvalue weighted by Crippen LogP contribution is 2.16.